The van der Waals surface area contributed by atoms with E-state index in [1.807, 2.05) is 72.8 Å². The van der Waals surface area contributed by atoms with Crippen LogP contribution in [0.4, 0.5) is 9.59 Å². The first-order valence-electron chi connectivity index (χ1n) is 11.1. The average Bonchev–Trinajstić information content (AvgIpc) is 2.88. The number of hydrogen-bond acceptors (Lipinski definition) is 5. The van der Waals surface area contributed by atoms with Gasteiger partial charge in [-0.05, 0) is 40.8 Å². The SMILES string of the molecule is COC(=O)[C@@H](CCCNC(=O)OCc1ccccc1)NC(=O)NCc1ccc2ccccc2c1. The molecule has 34 heavy (non-hydrogen) atoms. The van der Waals surface area contributed by atoms with E-state index in [0.717, 1.165) is 21.9 Å². The molecular weight excluding hydrogens is 434 g/mol. The van der Waals surface area contributed by atoms with Gasteiger partial charge in [0.2, 0.25) is 0 Å². The van der Waals surface area contributed by atoms with Crippen molar-refractivity contribution < 1.29 is 23.9 Å². The lowest BCUT2D eigenvalue weighted by molar-refractivity contribution is -0.143. The first kappa shape index (κ1) is 24.6. The molecule has 0 aromatic heterocycles. The molecule has 178 valence electrons. The van der Waals surface area contributed by atoms with E-state index < -0.39 is 24.1 Å². The fraction of sp³-hybridized carbons (Fsp3) is 0.269. The molecule has 8 heteroatoms. The summed E-state index contributed by atoms with van der Waals surface area (Å²) in [4.78, 5) is 36.3. The van der Waals surface area contributed by atoms with Crippen LogP contribution in [0, 0.1) is 0 Å². The predicted octanol–water partition coefficient (Wildman–Crippen LogP) is 3.89. The third-order valence-electron chi connectivity index (χ3n) is 5.21. The van der Waals surface area contributed by atoms with Crippen LogP contribution in [0.1, 0.15) is 24.0 Å². The summed E-state index contributed by atoms with van der Waals surface area (Å²) in [5.74, 6) is -0.549. The fourth-order valence-corrected chi connectivity index (χ4v) is 3.40. The van der Waals surface area contributed by atoms with Gasteiger partial charge in [0.25, 0.3) is 0 Å². The largest absolute Gasteiger partial charge is 0.467 e. The van der Waals surface area contributed by atoms with Crippen LogP contribution >= 0.6 is 0 Å². The van der Waals surface area contributed by atoms with Gasteiger partial charge in [-0.3, -0.25) is 0 Å². The van der Waals surface area contributed by atoms with Crippen molar-refractivity contribution in [3.8, 4) is 0 Å². The Morgan fingerprint density at radius 3 is 2.35 bits per heavy atom. The maximum absolute atomic E-state index is 12.4. The van der Waals surface area contributed by atoms with Crippen molar-refractivity contribution in [3.63, 3.8) is 0 Å². The molecule has 0 aliphatic heterocycles. The molecule has 0 fully saturated rings. The van der Waals surface area contributed by atoms with Crippen LogP contribution in [0.25, 0.3) is 10.8 Å². The van der Waals surface area contributed by atoms with Crippen molar-refractivity contribution in [1.82, 2.24) is 16.0 Å². The van der Waals surface area contributed by atoms with Crippen molar-refractivity contribution in [1.29, 1.82) is 0 Å². The number of alkyl carbamates (subject to hydrolysis) is 1. The number of carbonyl (C=O) groups is 3. The molecule has 0 saturated carbocycles. The van der Waals surface area contributed by atoms with E-state index >= 15 is 0 Å². The quantitative estimate of drug-likeness (QED) is 0.313. The number of fused-ring (bicyclic) bond motifs is 1. The van der Waals surface area contributed by atoms with Crippen LogP contribution in [0.3, 0.4) is 0 Å². The minimum absolute atomic E-state index is 0.177. The summed E-state index contributed by atoms with van der Waals surface area (Å²) in [6.07, 6.45) is 0.208. The Morgan fingerprint density at radius 2 is 1.59 bits per heavy atom. The Labute approximate surface area is 198 Å². The zero-order chi connectivity index (χ0) is 24.2. The Hall–Kier alpha value is -4.07. The summed E-state index contributed by atoms with van der Waals surface area (Å²) in [5.41, 5.74) is 1.84. The van der Waals surface area contributed by atoms with Crippen LogP contribution in [0.15, 0.2) is 72.8 Å². The van der Waals surface area contributed by atoms with Crippen molar-refractivity contribution >= 4 is 28.9 Å². The molecule has 3 rings (SSSR count). The number of esters is 1. The number of hydrogen-bond donors (Lipinski definition) is 3. The van der Waals surface area contributed by atoms with Gasteiger partial charge < -0.3 is 25.4 Å². The standard InChI is InChI=1S/C26H29N3O5/c1-33-24(30)23(12-7-15-27-26(32)34-18-19-8-3-2-4-9-19)29-25(31)28-17-20-13-14-21-10-5-6-11-22(21)16-20/h2-6,8-11,13-14,16,23H,7,12,15,17-18H2,1H3,(H,27,32)(H2,28,29,31)/t23-/m1/s1. The highest BCUT2D eigenvalue weighted by atomic mass is 16.5. The monoisotopic (exact) mass is 463 g/mol. The minimum atomic E-state index is -0.830. The Balaban J connectivity index is 1.39. The lowest BCUT2D eigenvalue weighted by atomic mass is 10.1. The highest BCUT2D eigenvalue weighted by Gasteiger charge is 2.21. The van der Waals surface area contributed by atoms with Crippen molar-refractivity contribution in [2.45, 2.75) is 32.0 Å². The molecule has 0 aliphatic rings. The highest BCUT2D eigenvalue weighted by Crippen LogP contribution is 2.15. The Bertz CT molecular complexity index is 1100. The second kappa shape index (κ2) is 12.8. The van der Waals surface area contributed by atoms with Crippen LogP contribution in [0.5, 0.6) is 0 Å². The second-order valence-electron chi connectivity index (χ2n) is 7.72. The van der Waals surface area contributed by atoms with Gasteiger partial charge in [-0.15, -0.1) is 0 Å². The fourth-order valence-electron chi connectivity index (χ4n) is 3.40. The number of urea groups is 1. The number of carbonyl (C=O) groups excluding carboxylic acids is 3. The number of benzene rings is 3. The summed E-state index contributed by atoms with van der Waals surface area (Å²) in [5, 5.41) is 10.3. The van der Waals surface area contributed by atoms with Gasteiger partial charge in [-0.1, -0.05) is 66.7 Å². The summed E-state index contributed by atoms with van der Waals surface area (Å²) in [6, 6.07) is 22.0. The van der Waals surface area contributed by atoms with Gasteiger partial charge in [-0.25, -0.2) is 14.4 Å². The number of ether oxygens (including phenoxy) is 2. The minimum Gasteiger partial charge on any atom is -0.467 e. The molecule has 0 aliphatic carbocycles. The topological polar surface area (TPSA) is 106 Å². The molecule has 0 spiro atoms. The molecule has 0 radical (unpaired) electrons. The Kier molecular flexibility index (Phi) is 9.28. The van der Waals surface area contributed by atoms with Gasteiger partial charge in [0.1, 0.15) is 12.6 Å². The molecule has 0 heterocycles. The maximum atomic E-state index is 12.4. The van der Waals surface area contributed by atoms with Crippen molar-refractivity contribution in [2.24, 2.45) is 0 Å². The van der Waals surface area contributed by atoms with Gasteiger partial charge in [0, 0.05) is 13.1 Å². The zero-order valence-corrected chi connectivity index (χ0v) is 19.1. The van der Waals surface area contributed by atoms with E-state index in [9.17, 15) is 14.4 Å². The third-order valence-corrected chi connectivity index (χ3v) is 5.21. The number of methoxy groups -OCH3 is 1. The molecule has 0 saturated heterocycles. The molecule has 3 aromatic carbocycles. The summed E-state index contributed by atoms with van der Waals surface area (Å²) in [6.45, 7) is 0.789. The van der Waals surface area contributed by atoms with Gasteiger partial charge in [0.15, 0.2) is 0 Å². The van der Waals surface area contributed by atoms with Crippen LogP contribution in [0.2, 0.25) is 0 Å². The van der Waals surface area contributed by atoms with Crippen molar-refractivity contribution in [3.05, 3.63) is 83.9 Å². The van der Waals surface area contributed by atoms with Crippen LogP contribution in [-0.2, 0) is 27.4 Å². The van der Waals surface area contributed by atoms with Crippen LogP contribution in [-0.4, -0.2) is 37.8 Å². The number of amides is 3. The summed E-state index contributed by atoms with van der Waals surface area (Å²) in [7, 11) is 1.27. The molecule has 0 unspecified atom stereocenters. The van der Waals surface area contributed by atoms with Crippen LogP contribution < -0.4 is 16.0 Å². The molecule has 3 aromatic rings. The van der Waals surface area contributed by atoms with Gasteiger partial charge in [0.05, 0.1) is 7.11 Å². The highest BCUT2D eigenvalue weighted by molar-refractivity contribution is 5.84. The summed E-state index contributed by atoms with van der Waals surface area (Å²) < 4.78 is 9.94. The van der Waals surface area contributed by atoms with Gasteiger partial charge >= 0.3 is 18.1 Å². The molecule has 3 amide bonds. The first-order valence-corrected chi connectivity index (χ1v) is 11.1. The van der Waals surface area contributed by atoms with E-state index in [-0.39, 0.29) is 6.61 Å². The normalized spacial score (nSPS) is 11.3. The van der Waals surface area contributed by atoms with Gasteiger partial charge in [-0.2, -0.15) is 0 Å². The van der Waals surface area contributed by atoms with E-state index in [1.165, 1.54) is 7.11 Å². The van der Waals surface area contributed by atoms with Crippen molar-refractivity contribution in [2.75, 3.05) is 13.7 Å². The average molecular weight is 464 g/mol. The smallest absolute Gasteiger partial charge is 0.407 e. The molecule has 1 atom stereocenters. The lowest BCUT2D eigenvalue weighted by Crippen LogP contribution is -2.46. The molecule has 8 nitrogen and oxygen atoms in total. The number of nitrogens with one attached hydrogen (secondary N) is 3. The number of rotatable bonds is 10. The molecular formula is C26H29N3O5. The zero-order valence-electron chi connectivity index (χ0n) is 19.1. The maximum Gasteiger partial charge on any atom is 0.407 e. The first-order chi connectivity index (χ1) is 16.5. The van der Waals surface area contributed by atoms with E-state index in [2.05, 4.69) is 16.0 Å². The lowest BCUT2D eigenvalue weighted by Gasteiger charge is -2.17. The molecule has 0 bridgehead atoms. The predicted molar refractivity (Wildman–Crippen MR) is 129 cm³/mol. The van der Waals surface area contributed by atoms with E-state index in [1.54, 1.807) is 0 Å². The summed E-state index contributed by atoms with van der Waals surface area (Å²) >= 11 is 0. The molecule has 3 N–H and O–H groups in total. The Morgan fingerprint density at radius 1 is 0.853 bits per heavy atom. The third kappa shape index (κ3) is 7.81. The van der Waals surface area contributed by atoms with E-state index in [0.29, 0.717) is 25.9 Å². The van der Waals surface area contributed by atoms with E-state index in [4.69, 9.17) is 9.47 Å². The second-order valence-corrected chi connectivity index (χ2v) is 7.72.